The molecule has 0 unspecified atom stereocenters. The molecule has 3 aromatic carbocycles. The molecule has 0 bridgehead atoms. The highest BCUT2D eigenvalue weighted by atomic mass is 15.1. The number of nitrogens with zero attached hydrogens (tertiary/aromatic N) is 2. The van der Waals surface area contributed by atoms with E-state index in [4.69, 9.17) is 0 Å². The van der Waals surface area contributed by atoms with Crippen LogP contribution in [0.4, 0.5) is 0 Å². The normalized spacial score (nSPS) is 11.5. The Morgan fingerprint density at radius 1 is 0.815 bits per heavy atom. The second-order valence-electron chi connectivity index (χ2n) is 7.21. The lowest BCUT2D eigenvalue weighted by Crippen LogP contribution is -1.90. The van der Waals surface area contributed by atoms with Gasteiger partial charge in [0.2, 0.25) is 0 Å². The third kappa shape index (κ3) is 2.53. The summed E-state index contributed by atoms with van der Waals surface area (Å²) in [7, 11) is 0. The van der Waals surface area contributed by atoms with Crippen molar-refractivity contribution < 1.29 is 0 Å². The second kappa shape index (κ2) is 5.81. The number of H-pyrrole nitrogens is 2. The van der Waals surface area contributed by atoms with Crippen LogP contribution in [0, 0.1) is 20.8 Å². The van der Waals surface area contributed by atoms with Gasteiger partial charge in [-0.3, -0.25) is 5.10 Å². The maximum atomic E-state index is 4.69. The molecule has 0 saturated heterocycles. The minimum Gasteiger partial charge on any atom is -0.337 e. The monoisotopic (exact) mass is 352 g/mol. The van der Waals surface area contributed by atoms with Gasteiger partial charge >= 0.3 is 0 Å². The molecule has 0 fully saturated rings. The molecule has 0 aliphatic carbocycles. The van der Waals surface area contributed by atoms with Crippen LogP contribution < -0.4 is 0 Å². The number of aryl methyl sites for hydroxylation is 3. The van der Waals surface area contributed by atoms with Gasteiger partial charge in [0.05, 0.1) is 16.6 Å². The van der Waals surface area contributed by atoms with Crippen LogP contribution in [0.2, 0.25) is 0 Å². The van der Waals surface area contributed by atoms with E-state index in [1.165, 1.54) is 27.8 Å². The molecule has 0 aliphatic heterocycles. The Hall–Kier alpha value is -3.40. The van der Waals surface area contributed by atoms with Crippen molar-refractivity contribution in [1.82, 2.24) is 20.2 Å². The summed E-state index contributed by atoms with van der Waals surface area (Å²) >= 11 is 0. The van der Waals surface area contributed by atoms with E-state index < -0.39 is 0 Å². The largest absolute Gasteiger partial charge is 0.337 e. The topological polar surface area (TPSA) is 57.4 Å². The Morgan fingerprint density at radius 3 is 2.37 bits per heavy atom. The highest BCUT2D eigenvalue weighted by Crippen LogP contribution is 2.33. The Labute approximate surface area is 157 Å². The van der Waals surface area contributed by atoms with Crippen molar-refractivity contribution in [3.8, 4) is 22.6 Å². The molecule has 0 atom stereocenters. The van der Waals surface area contributed by atoms with E-state index in [0.29, 0.717) is 0 Å². The molecular weight excluding hydrogens is 332 g/mol. The van der Waals surface area contributed by atoms with E-state index in [0.717, 1.165) is 33.5 Å². The van der Waals surface area contributed by atoms with E-state index >= 15 is 0 Å². The van der Waals surface area contributed by atoms with Crippen LogP contribution in [-0.4, -0.2) is 20.2 Å². The molecule has 2 N–H and O–H groups in total. The number of aromatic amines is 2. The average Bonchev–Trinajstić information content (AvgIpc) is 3.24. The number of para-hydroxylation sites is 2. The van der Waals surface area contributed by atoms with Crippen molar-refractivity contribution in [2.45, 2.75) is 20.8 Å². The lowest BCUT2D eigenvalue weighted by molar-refractivity contribution is 1.11. The van der Waals surface area contributed by atoms with Gasteiger partial charge in [0.15, 0.2) is 5.82 Å². The number of fused-ring (bicyclic) bond motifs is 2. The van der Waals surface area contributed by atoms with E-state index in [1.54, 1.807) is 0 Å². The van der Waals surface area contributed by atoms with Gasteiger partial charge in [-0.05, 0) is 67.3 Å². The Kier molecular flexibility index (Phi) is 3.41. The maximum absolute atomic E-state index is 4.69. The minimum absolute atomic E-state index is 0.790. The lowest BCUT2D eigenvalue weighted by atomic mass is 9.93. The molecule has 5 aromatic rings. The molecule has 0 spiro atoms. The number of benzene rings is 3. The summed E-state index contributed by atoms with van der Waals surface area (Å²) in [5.74, 6) is 0.790. The van der Waals surface area contributed by atoms with Crippen molar-refractivity contribution in [2.24, 2.45) is 0 Å². The van der Waals surface area contributed by atoms with Gasteiger partial charge in [-0.2, -0.15) is 5.10 Å². The van der Waals surface area contributed by atoms with Crippen molar-refractivity contribution in [3.05, 3.63) is 71.3 Å². The lowest BCUT2D eigenvalue weighted by Gasteiger charge is -2.11. The zero-order valence-electron chi connectivity index (χ0n) is 15.6. The molecule has 2 heterocycles. The van der Waals surface area contributed by atoms with Gasteiger partial charge in [-0.25, -0.2) is 4.98 Å². The number of rotatable bonds is 2. The van der Waals surface area contributed by atoms with Crippen LogP contribution in [0.5, 0.6) is 0 Å². The summed E-state index contributed by atoms with van der Waals surface area (Å²) in [5, 5.41) is 8.79. The first-order chi connectivity index (χ1) is 13.1. The first kappa shape index (κ1) is 15.8. The van der Waals surface area contributed by atoms with Gasteiger partial charge in [0.1, 0.15) is 5.69 Å². The number of hydrogen-bond donors (Lipinski definition) is 2. The molecular formula is C23H20N4. The molecule has 0 saturated carbocycles. The summed E-state index contributed by atoms with van der Waals surface area (Å²) in [4.78, 5) is 8.05. The maximum Gasteiger partial charge on any atom is 0.159 e. The number of imidazole rings is 1. The smallest absolute Gasteiger partial charge is 0.159 e. The van der Waals surface area contributed by atoms with E-state index in [1.807, 2.05) is 24.3 Å². The first-order valence-corrected chi connectivity index (χ1v) is 9.11. The molecule has 0 radical (unpaired) electrons. The third-order valence-electron chi connectivity index (χ3n) is 5.14. The quantitative estimate of drug-likeness (QED) is 0.428. The number of nitrogens with one attached hydrogen (secondary N) is 2. The van der Waals surface area contributed by atoms with Crippen molar-refractivity contribution in [3.63, 3.8) is 0 Å². The summed E-state index contributed by atoms with van der Waals surface area (Å²) in [6.07, 6.45) is 0. The van der Waals surface area contributed by atoms with Crippen LogP contribution in [0.3, 0.4) is 0 Å². The van der Waals surface area contributed by atoms with Crippen LogP contribution in [-0.2, 0) is 0 Å². The number of aromatic nitrogens is 4. The molecule has 4 nitrogen and oxygen atoms in total. The molecule has 0 aliphatic rings. The summed E-state index contributed by atoms with van der Waals surface area (Å²) in [5.41, 5.74) is 10.2. The fourth-order valence-electron chi connectivity index (χ4n) is 4.06. The van der Waals surface area contributed by atoms with Crippen molar-refractivity contribution >= 4 is 21.9 Å². The average molecular weight is 352 g/mol. The zero-order valence-corrected chi connectivity index (χ0v) is 15.6. The van der Waals surface area contributed by atoms with E-state index in [9.17, 15) is 0 Å². The standard InChI is InChI=1S/C23H20N4/c1-13-10-14(2)21(15(3)11-13)16-8-9-17-20(12-16)26-27-22(17)23-24-18-6-4-5-7-19(18)25-23/h4-12H,1-3H3,(H,24,25)(H,26,27). The predicted molar refractivity (Wildman–Crippen MR) is 111 cm³/mol. The highest BCUT2D eigenvalue weighted by Gasteiger charge is 2.14. The summed E-state index contributed by atoms with van der Waals surface area (Å²) in [6, 6.07) is 19.0. The van der Waals surface area contributed by atoms with Gasteiger partial charge in [-0.1, -0.05) is 35.9 Å². The molecule has 27 heavy (non-hydrogen) atoms. The first-order valence-electron chi connectivity index (χ1n) is 9.11. The zero-order chi connectivity index (χ0) is 18.5. The second-order valence-corrected chi connectivity index (χ2v) is 7.21. The predicted octanol–water partition coefficient (Wildman–Crippen LogP) is 5.70. The fraction of sp³-hybridized carbons (Fsp3) is 0.130. The van der Waals surface area contributed by atoms with Gasteiger partial charge < -0.3 is 4.98 Å². The van der Waals surface area contributed by atoms with Crippen LogP contribution >= 0.6 is 0 Å². The fourth-order valence-corrected chi connectivity index (χ4v) is 4.06. The van der Waals surface area contributed by atoms with Crippen LogP contribution in [0.1, 0.15) is 16.7 Å². The Morgan fingerprint density at radius 2 is 1.59 bits per heavy atom. The molecule has 132 valence electrons. The third-order valence-corrected chi connectivity index (χ3v) is 5.14. The van der Waals surface area contributed by atoms with Crippen molar-refractivity contribution in [1.29, 1.82) is 0 Å². The molecule has 0 amide bonds. The number of hydrogen-bond acceptors (Lipinski definition) is 2. The van der Waals surface area contributed by atoms with Crippen LogP contribution in [0.25, 0.3) is 44.6 Å². The summed E-state index contributed by atoms with van der Waals surface area (Å²) in [6.45, 7) is 6.49. The Bertz CT molecular complexity index is 1250. The molecule has 2 aromatic heterocycles. The van der Waals surface area contributed by atoms with Gasteiger partial charge in [-0.15, -0.1) is 0 Å². The van der Waals surface area contributed by atoms with Gasteiger partial charge in [0.25, 0.3) is 0 Å². The van der Waals surface area contributed by atoms with E-state index in [2.05, 4.69) is 71.3 Å². The molecule has 4 heteroatoms. The highest BCUT2D eigenvalue weighted by molar-refractivity contribution is 5.95. The molecule has 5 rings (SSSR count). The van der Waals surface area contributed by atoms with Crippen LogP contribution in [0.15, 0.2) is 54.6 Å². The minimum atomic E-state index is 0.790. The van der Waals surface area contributed by atoms with Crippen molar-refractivity contribution in [2.75, 3.05) is 0 Å². The Balaban J connectivity index is 1.65. The van der Waals surface area contributed by atoms with Gasteiger partial charge in [0, 0.05) is 5.39 Å². The van der Waals surface area contributed by atoms with E-state index in [-0.39, 0.29) is 0 Å². The SMILES string of the molecule is Cc1cc(C)c(-c2ccc3c(-c4nc5ccccc5[nH]4)n[nH]c3c2)c(C)c1. The summed E-state index contributed by atoms with van der Waals surface area (Å²) < 4.78 is 0.